The van der Waals surface area contributed by atoms with Crippen LogP contribution in [0.15, 0.2) is 60.9 Å². The van der Waals surface area contributed by atoms with Gasteiger partial charge in [-0.2, -0.15) is 0 Å². The largest absolute Gasteiger partial charge is 0.378 e. The molecule has 3 aromatic rings. The van der Waals surface area contributed by atoms with Gasteiger partial charge in [-0.05, 0) is 35.9 Å². The second-order valence-corrected chi connectivity index (χ2v) is 5.51. The first kappa shape index (κ1) is 14.2. The van der Waals surface area contributed by atoms with E-state index in [0.29, 0.717) is 12.1 Å². The molecule has 22 heavy (non-hydrogen) atoms. The van der Waals surface area contributed by atoms with E-state index in [1.165, 1.54) is 0 Å². The summed E-state index contributed by atoms with van der Waals surface area (Å²) in [6.07, 6.45) is 3.78. The summed E-state index contributed by atoms with van der Waals surface area (Å²) in [7, 11) is 4.02. The third kappa shape index (κ3) is 2.96. The third-order valence-electron chi connectivity index (χ3n) is 3.67. The Kier molecular flexibility index (Phi) is 3.83. The summed E-state index contributed by atoms with van der Waals surface area (Å²) in [6, 6.07) is 15.9. The number of anilines is 1. The molecule has 0 unspecified atom stereocenters. The predicted octanol–water partition coefficient (Wildman–Crippen LogP) is 2.94. The van der Waals surface area contributed by atoms with Gasteiger partial charge in [-0.15, -0.1) is 0 Å². The van der Waals surface area contributed by atoms with Crippen molar-refractivity contribution in [2.75, 3.05) is 19.0 Å². The van der Waals surface area contributed by atoms with E-state index in [9.17, 15) is 4.79 Å². The number of benzene rings is 1. The van der Waals surface area contributed by atoms with Gasteiger partial charge >= 0.3 is 0 Å². The van der Waals surface area contributed by atoms with Crippen LogP contribution in [0.5, 0.6) is 0 Å². The van der Waals surface area contributed by atoms with Crippen LogP contribution in [0.2, 0.25) is 0 Å². The molecule has 0 aliphatic carbocycles. The van der Waals surface area contributed by atoms with Crippen molar-refractivity contribution >= 4 is 17.1 Å². The Morgan fingerprint density at radius 2 is 1.91 bits per heavy atom. The van der Waals surface area contributed by atoms with Crippen LogP contribution in [0.3, 0.4) is 0 Å². The molecular weight excluding hydrogens is 274 g/mol. The average Bonchev–Trinajstić information content (AvgIpc) is 2.97. The first-order valence-corrected chi connectivity index (χ1v) is 7.25. The Labute approximate surface area is 130 Å². The molecule has 0 bridgehead atoms. The molecule has 4 heteroatoms. The minimum absolute atomic E-state index is 0.0552. The van der Waals surface area contributed by atoms with Gasteiger partial charge in [0.05, 0.1) is 5.56 Å². The maximum Gasteiger partial charge on any atom is 0.253 e. The number of carbonyl (C=O) groups is 1. The summed E-state index contributed by atoms with van der Waals surface area (Å²) < 4.78 is 1.95. The summed E-state index contributed by atoms with van der Waals surface area (Å²) >= 11 is 0. The highest BCUT2D eigenvalue weighted by Crippen LogP contribution is 2.13. The zero-order valence-electron chi connectivity index (χ0n) is 12.8. The van der Waals surface area contributed by atoms with Crippen molar-refractivity contribution in [2.45, 2.75) is 6.54 Å². The van der Waals surface area contributed by atoms with Crippen LogP contribution in [0.25, 0.3) is 5.52 Å². The highest BCUT2D eigenvalue weighted by Gasteiger charge is 2.08. The Morgan fingerprint density at radius 3 is 2.59 bits per heavy atom. The number of pyridine rings is 1. The van der Waals surface area contributed by atoms with Gasteiger partial charge in [-0.3, -0.25) is 4.79 Å². The highest BCUT2D eigenvalue weighted by molar-refractivity contribution is 5.95. The van der Waals surface area contributed by atoms with E-state index in [1.54, 1.807) is 0 Å². The molecule has 0 fully saturated rings. The average molecular weight is 293 g/mol. The predicted molar refractivity (Wildman–Crippen MR) is 89.3 cm³/mol. The normalized spacial score (nSPS) is 10.6. The van der Waals surface area contributed by atoms with Gasteiger partial charge in [-0.25, -0.2) is 0 Å². The monoisotopic (exact) mass is 293 g/mol. The SMILES string of the molecule is CN(C)c1ccc(CNC(=O)c2cc3ccccn3c2)cc1. The molecule has 1 amide bonds. The standard InChI is InChI=1S/C18H19N3O/c1-20(2)16-8-6-14(7-9-16)12-19-18(22)15-11-17-5-3-4-10-21(17)13-15/h3-11,13H,12H2,1-2H3,(H,19,22). The Morgan fingerprint density at radius 1 is 1.14 bits per heavy atom. The first-order valence-electron chi connectivity index (χ1n) is 7.25. The van der Waals surface area contributed by atoms with E-state index in [-0.39, 0.29) is 5.91 Å². The van der Waals surface area contributed by atoms with Crippen molar-refractivity contribution in [3.8, 4) is 0 Å². The molecule has 2 heterocycles. The van der Waals surface area contributed by atoms with Crippen molar-refractivity contribution in [1.82, 2.24) is 9.72 Å². The molecule has 0 aliphatic heterocycles. The maximum atomic E-state index is 12.2. The molecule has 0 saturated heterocycles. The third-order valence-corrected chi connectivity index (χ3v) is 3.67. The van der Waals surface area contributed by atoms with E-state index in [4.69, 9.17) is 0 Å². The summed E-state index contributed by atoms with van der Waals surface area (Å²) in [4.78, 5) is 14.3. The van der Waals surface area contributed by atoms with Crippen LogP contribution in [-0.4, -0.2) is 24.4 Å². The number of amides is 1. The summed E-state index contributed by atoms with van der Waals surface area (Å²) in [6.45, 7) is 0.527. The Hall–Kier alpha value is -2.75. The second-order valence-electron chi connectivity index (χ2n) is 5.51. The molecule has 0 radical (unpaired) electrons. The Bertz CT molecular complexity index is 754. The lowest BCUT2D eigenvalue weighted by atomic mass is 10.2. The zero-order valence-corrected chi connectivity index (χ0v) is 12.8. The fourth-order valence-corrected chi connectivity index (χ4v) is 2.38. The number of rotatable bonds is 4. The molecule has 1 aromatic carbocycles. The molecule has 112 valence electrons. The number of nitrogens with zero attached hydrogens (tertiary/aromatic N) is 2. The second kappa shape index (κ2) is 5.93. The van der Waals surface area contributed by atoms with Crippen LogP contribution in [-0.2, 0) is 6.54 Å². The van der Waals surface area contributed by atoms with Crippen molar-refractivity contribution in [2.24, 2.45) is 0 Å². The van der Waals surface area contributed by atoms with Crippen LogP contribution in [0, 0.1) is 0 Å². The van der Waals surface area contributed by atoms with Crippen LogP contribution >= 0.6 is 0 Å². The molecule has 3 rings (SSSR count). The summed E-state index contributed by atoms with van der Waals surface area (Å²) in [5, 5.41) is 2.96. The fraction of sp³-hybridized carbons (Fsp3) is 0.167. The lowest BCUT2D eigenvalue weighted by Gasteiger charge is -2.12. The van der Waals surface area contributed by atoms with E-state index >= 15 is 0 Å². The minimum atomic E-state index is -0.0552. The number of nitrogens with one attached hydrogen (secondary N) is 1. The molecule has 0 saturated carbocycles. The fourth-order valence-electron chi connectivity index (χ4n) is 2.38. The Balaban J connectivity index is 1.66. The zero-order chi connectivity index (χ0) is 15.5. The number of aromatic nitrogens is 1. The van der Waals surface area contributed by atoms with Crippen molar-refractivity contribution < 1.29 is 4.79 Å². The molecule has 0 atom stereocenters. The minimum Gasteiger partial charge on any atom is -0.378 e. The lowest BCUT2D eigenvalue weighted by molar-refractivity contribution is 0.0951. The van der Waals surface area contributed by atoms with Gasteiger partial charge in [0.2, 0.25) is 0 Å². The summed E-state index contributed by atoms with van der Waals surface area (Å²) in [5.74, 6) is -0.0552. The van der Waals surface area contributed by atoms with E-state index in [1.807, 2.05) is 79.4 Å². The van der Waals surface area contributed by atoms with Crippen LogP contribution in [0.4, 0.5) is 5.69 Å². The van der Waals surface area contributed by atoms with Gasteiger partial charge < -0.3 is 14.6 Å². The quantitative estimate of drug-likeness (QED) is 0.803. The van der Waals surface area contributed by atoms with E-state index in [0.717, 1.165) is 16.8 Å². The van der Waals surface area contributed by atoms with Gasteiger partial charge in [0.1, 0.15) is 0 Å². The number of hydrogen-bond donors (Lipinski definition) is 1. The molecule has 4 nitrogen and oxygen atoms in total. The topological polar surface area (TPSA) is 36.8 Å². The first-order chi connectivity index (χ1) is 10.6. The number of carbonyl (C=O) groups excluding carboxylic acids is 1. The number of hydrogen-bond acceptors (Lipinski definition) is 2. The van der Waals surface area contributed by atoms with Gasteiger partial charge in [0, 0.05) is 44.2 Å². The summed E-state index contributed by atoms with van der Waals surface area (Å²) in [5.41, 5.74) is 3.93. The molecule has 0 spiro atoms. The van der Waals surface area contributed by atoms with Gasteiger partial charge in [0.25, 0.3) is 5.91 Å². The van der Waals surface area contributed by atoms with Crippen LogP contribution < -0.4 is 10.2 Å². The van der Waals surface area contributed by atoms with Gasteiger partial charge in [0.15, 0.2) is 0 Å². The van der Waals surface area contributed by atoms with E-state index < -0.39 is 0 Å². The molecule has 2 aromatic heterocycles. The van der Waals surface area contributed by atoms with Crippen molar-refractivity contribution in [3.63, 3.8) is 0 Å². The molecular formula is C18H19N3O. The molecule has 1 N–H and O–H groups in total. The van der Waals surface area contributed by atoms with E-state index in [2.05, 4.69) is 10.2 Å². The lowest BCUT2D eigenvalue weighted by Crippen LogP contribution is -2.22. The van der Waals surface area contributed by atoms with Crippen LogP contribution in [0.1, 0.15) is 15.9 Å². The molecule has 0 aliphatic rings. The van der Waals surface area contributed by atoms with Crippen molar-refractivity contribution in [1.29, 1.82) is 0 Å². The number of fused-ring (bicyclic) bond motifs is 1. The smallest absolute Gasteiger partial charge is 0.253 e. The van der Waals surface area contributed by atoms with Crippen molar-refractivity contribution in [3.05, 3.63) is 72.1 Å². The highest BCUT2D eigenvalue weighted by atomic mass is 16.1. The maximum absolute atomic E-state index is 12.2. The van der Waals surface area contributed by atoms with Gasteiger partial charge in [-0.1, -0.05) is 18.2 Å².